The van der Waals surface area contributed by atoms with Crippen molar-refractivity contribution in [2.45, 2.75) is 32.9 Å². The Morgan fingerprint density at radius 2 is 2.25 bits per heavy atom. The highest BCUT2D eigenvalue weighted by Crippen LogP contribution is 2.23. The summed E-state index contributed by atoms with van der Waals surface area (Å²) in [4.78, 5) is 4.42. The molecule has 0 spiro atoms. The Kier molecular flexibility index (Phi) is 3.17. The topological polar surface area (TPSA) is 38.0 Å². The zero-order valence-electron chi connectivity index (χ0n) is 9.44. The van der Waals surface area contributed by atoms with E-state index in [4.69, 9.17) is 11.6 Å². The van der Waals surface area contributed by atoms with E-state index in [9.17, 15) is 5.11 Å². The number of aliphatic hydroxyl groups excluding tert-OH is 1. The summed E-state index contributed by atoms with van der Waals surface area (Å²) in [6, 6.07) is 5.63. The van der Waals surface area contributed by atoms with Crippen LogP contribution in [0.1, 0.15) is 32.2 Å². The van der Waals surface area contributed by atoms with Crippen LogP contribution < -0.4 is 0 Å². The molecule has 16 heavy (non-hydrogen) atoms. The highest BCUT2D eigenvalue weighted by molar-refractivity contribution is 6.31. The van der Waals surface area contributed by atoms with Crippen LogP contribution in [0.15, 0.2) is 18.2 Å². The van der Waals surface area contributed by atoms with E-state index in [1.54, 1.807) is 6.92 Å². The molecule has 0 aliphatic carbocycles. The number of aromatic nitrogens is 2. The number of rotatable bonds is 3. The molecule has 2 rings (SSSR count). The van der Waals surface area contributed by atoms with Gasteiger partial charge >= 0.3 is 0 Å². The highest BCUT2D eigenvalue weighted by Gasteiger charge is 2.14. The lowest BCUT2D eigenvalue weighted by atomic mass is 10.3. The van der Waals surface area contributed by atoms with Crippen LogP contribution in [0.3, 0.4) is 0 Å². The van der Waals surface area contributed by atoms with Crippen molar-refractivity contribution in [1.82, 2.24) is 9.55 Å². The van der Waals surface area contributed by atoms with Gasteiger partial charge < -0.3 is 9.67 Å². The van der Waals surface area contributed by atoms with Gasteiger partial charge in [-0.05, 0) is 31.5 Å². The zero-order valence-corrected chi connectivity index (χ0v) is 10.2. The van der Waals surface area contributed by atoms with E-state index in [1.165, 1.54) is 0 Å². The van der Waals surface area contributed by atoms with Crippen LogP contribution in [0, 0.1) is 0 Å². The molecule has 0 amide bonds. The SMILES string of the molecule is CCCn1c([C@H](C)O)nc2cc(Cl)ccc21. The number of nitrogens with zero attached hydrogens (tertiary/aromatic N) is 2. The minimum atomic E-state index is -0.558. The first-order chi connectivity index (χ1) is 7.63. The van der Waals surface area contributed by atoms with Crippen molar-refractivity contribution in [3.05, 3.63) is 29.0 Å². The number of aryl methyl sites for hydroxylation is 1. The predicted molar refractivity (Wildman–Crippen MR) is 65.7 cm³/mol. The number of imidazole rings is 1. The molecular weight excluding hydrogens is 224 g/mol. The summed E-state index contributed by atoms with van der Waals surface area (Å²) in [7, 11) is 0. The van der Waals surface area contributed by atoms with Crippen molar-refractivity contribution in [3.8, 4) is 0 Å². The number of halogens is 1. The van der Waals surface area contributed by atoms with Gasteiger partial charge in [-0.3, -0.25) is 0 Å². The molecule has 1 heterocycles. The van der Waals surface area contributed by atoms with E-state index < -0.39 is 6.10 Å². The average molecular weight is 239 g/mol. The third-order valence-corrected chi connectivity index (χ3v) is 2.80. The molecule has 0 unspecified atom stereocenters. The molecule has 1 aromatic carbocycles. The molecule has 1 aromatic heterocycles. The largest absolute Gasteiger partial charge is 0.385 e. The Labute approximate surface area is 99.7 Å². The van der Waals surface area contributed by atoms with E-state index >= 15 is 0 Å². The Bertz CT molecular complexity index is 505. The molecule has 4 heteroatoms. The van der Waals surface area contributed by atoms with Gasteiger partial charge in [0.15, 0.2) is 0 Å². The summed E-state index contributed by atoms with van der Waals surface area (Å²) < 4.78 is 2.05. The Morgan fingerprint density at radius 1 is 1.50 bits per heavy atom. The summed E-state index contributed by atoms with van der Waals surface area (Å²) in [6.45, 7) is 4.70. The highest BCUT2D eigenvalue weighted by atomic mass is 35.5. The number of fused-ring (bicyclic) bond motifs is 1. The second-order valence-corrected chi connectivity index (χ2v) is 4.37. The third kappa shape index (κ3) is 1.93. The van der Waals surface area contributed by atoms with Gasteiger partial charge in [-0.1, -0.05) is 18.5 Å². The molecule has 0 fully saturated rings. The Balaban J connectivity index is 2.65. The molecule has 0 aliphatic rings. The number of aliphatic hydroxyl groups is 1. The molecule has 0 aliphatic heterocycles. The maximum atomic E-state index is 9.69. The Hall–Kier alpha value is -1.06. The van der Waals surface area contributed by atoms with E-state index in [2.05, 4.69) is 16.5 Å². The second-order valence-electron chi connectivity index (χ2n) is 3.93. The van der Waals surface area contributed by atoms with Crippen LogP contribution in [0.2, 0.25) is 5.02 Å². The monoisotopic (exact) mass is 238 g/mol. The molecule has 2 aromatic rings. The van der Waals surface area contributed by atoms with E-state index in [0.717, 1.165) is 24.0 Å². The van der Waals surface area contributed by atoms with E-state index in [-0.39, 0.29) is 0 Å². The third-order valence-electron chi connectivity index (χ3n) is 2.56. The van der Waals surface area contributed by atoms with Gasteiger partial charge in [0.05, 0.1) is 11.0 Å². The fraction of sp³-hybridized carbons (Fsp3) is 0.417. The van der Waals surface area contributed by atoms with Crippen LogP contribution in [-0.2, 0) is 6.54 Å². The van der Waals surface area contributed by atoms with Crippen molar-refractivity contribution < 1.29 is 5.11 Å². The van der Waals surface area contributed by atoms with Crippen LogP contribution in [0.4, 0.5) is 0 Å². The van der Waals surface area contributed by atoms with Crippen molar-refractivity contribution in [1.29, 1.82) is 0 Å². The molecule has 0 saturated carbocycles. The van der Waals surface area contributed by atoms with Crippen molar-refractivity contribution in [3.63, 3.8) is 0 Å². The zero-order chi connectivity index (χ0) is 11.7. The summed E-state index contributed by atoms with van der Waals surface area (Å²) in [5, 5.41) is 10.4. The second kappa shape index (κ2) is 4.44. The van der Waals surface area contributed by atoms with E-state index in [0.29, 0.717) is 10.8 Å². The minimum absolute atomic E-state index is 0.558. The fourth-order valence-electron chi connectivity index (χ4n) is 1.90. The van der Waals surface area contributed by atoms with Crippen LogP contribution in [-0.4, -0.2) is 14.7 Å². The molecule has 86 valence electrons. The van der Waals surface area contributed by atoms with Crippen molar-refractivity contribution in [2.24, 2.45) is 0 Å². The van der Waals surface area contributed by atoms with Crippen LogP contribution in [0.25, 0.3) is 11.0 Å². The Morgan fingerprint density at radius 3 is 2.88 bits per heavy atom. The molecule has 0 radical (unpaired) electrons. The maximum Gasteiger partial charge on any atom is 0.138 e. The molecule has 0 bridgehead atoms. The first kappa shape index (κ1) is 11.4. The minimum Gasteiger partial charge on any atom is -0.385 e. The molecule has 3 nitrogen and oxygen atoms in total. The van der Waals surface area contributed by atoms with Gasteiger partial charge in [0.25, 0.3) is 0 Å². The number of hydrogen-bond acceptors (Lipinski definition) is 2. The normalized spacial score (nSPS) is 13.2. The fourth-order valence-corrected chi connectivity index (χ4v) is 2.07. The van der Waals surface area contributed by atoms with E-state index in [1.807, 2.05) is 18.2 Å². The van der Waals surface area contributed by atoms with Gasteiger partial charge in [0.2, 0.25) is 0 Å². The van der Waals surface area contributed by atoms with Gasteiger partial charge in [-0.25, -0.2) is 4.98 Å². The summed E-state index contributed by atoms with van der Waals surface area (Å²) in [5.41, 5.74) is 1.87. The van der Waals surface area contributed by atoms with Gasteiger partial charge in [0, 0.05) is 11.6 Å². The summed E-state index contributed by atoms with van der Waals surface area (Å²) in [5.74, 6) is 0.708. The molecule has 0 saturated heterocycles. The van der Waals surface area contributed by atoms with Gasteiger partial charge in [-0.2, -0.15) is 0 Å². The predicted octanol–water partition coefficient (Wildman–Crippen LogP) is 3.15. The van der Waals surface area contributed by atoms with Crippen molar-refractivity contribution >= 4 is 22.6 Å². The van der Waals surface area contributed by atoms with Crippen LogP contribution in [0.5, 0.6) is 0 Å². The molecule has 1 N–H and O–H groups in total. The number of hydrogen-bond donors (Lipinski definition) is 1. The lowest BCUT2D eigenvalue weighted by molar-refractivity contribution is 0.184. The molecular formula is C12H15ClN2O. The maximum absolute atomic E-state index is 9.69. The first-order valence-electron chi connectivity index (χ1n) is 5.47. The van der Waals surface area contributed by atoms with Crippen molar-refractivity contribution in [2.75, 3.05) is 0 Å². The standard InChI is InChI=1S/C12H15ClN2O/c1-3-6-15-11-5-4-9(13)7-10(11)14-12(15)8(2)16/h4-5,7-8,16H,3,6H2,1-2H3/t8-/m0/s1. The first-order valence-corrected chi connectivity index (χ1v) is 5.85. The smallest absolute Gasteiger partial charge is 0.138 e. The lowest BCUT2D eigenvalue weighted by Gasteiger charge is -2.09. The van der Waals surface area contributed by atoms with Crippen LogP contribution >= 0.6 is 11.6 Å². The molecule has 1 atom stereocenters. The van der Waals surface area contributed by atoms with Gasteiger partial charge in [0.1, 0.15) is 11.9 Å². The summed E-state index contributed by atoms with van der Waals surface area (Å²) >= 11 is 5.93. The number of benzene rings is 1. The lowest BCUT2D eigenvalue weighted by Crippen LogP contribution is -2.06. The summed E-state index contributed by atoms with van der Waals surface area (Å²) in [6.07, 6.45) is 0.450. The average Bonchev–Trinajstić information content (AvgIpc) is 2.57. The quantitative estimate of drug-likeness (QED) is 0.892. The van der Waals surface area contributed by atoms with Gasteiger partial charge in [-0.15, -0.1) is 0 Å².